The molecule has 2 aromatic carbocycles. The van der Waals surface area contributed by atoms with Gasteiger partial charge in [-0.1, -0.05) is 60.7 Å². The first kappa shape index (κ1) is 18.6. The highest BCUT2D eigenvalue weighted by Gasteiger charge is 2.09. The fourth-order valence-corrected chi connectivity index (χ4v) is 2.43. The summed E-state index contributed by atoms with van der Waals surface area (Å²) in [6, 6.07) is 16.5. The van der Waals surface area contributed by atoms with Gasteiger partial charge in [-0.15, -0.1) is 0 Å². The molecular weight excluding hydrogens is 314 g/mol. The van der Waals surface area contributed by atoms with E-state index >= 15 is 0 Å². The van der Waals surface area contributed by atoms with Gasteiger partial charge in [0.2, 0.25) is 0 Å². The molecule has 0 bridgehead atoms. The van der Waals surface area contributed by atoms with E-state index in [1.54, 1.807) is 30.3 Å². The van der Waals surface area contributed by atoms with Gasteiger partial charge in [-0.3, -0.25) is 4.79 Å². The standard InChI is InChI=1S/C21H23NO3/c1-22(2)15-14-19(21(24)25)13-10-16-8-11-18(12-9-16)20(23)17-6-4-3-5-7-17/h3-9,11-13H,10,14-15H2,1-2H3,(H,24,25). The molecule has 0 aliphatic carbocycles. The molecule has 4 nitrogen and oxygen atoms in total. The van der Waals surface area contributed by atoms with Gasteiger partial charge in [0.15, 0.2) is 5.78 Å². The number of aliphatic carboxylic acids is 1. The summed E-state index contributed by atoms with van der Waals surface area (Å²) in [5, 5.41) is 9.28. The van der Waals surface area contributed by atoms with Crippen molar-refractivity contribution >= 4 is 11.8 Å². The molecule has 0 spiro atoms. The highest BCUT2D eigenvalue weighted by molar-refractivity contribution is 6.08. The minimum Gasteiger partial charge on any atom is -0.478 e. The average molecular weight is 337 g/mol. The zero-order chi connectivity index (χ0) is 18.2. The minimum atomic E-state index is -0.877. The lowest BCUT2D eigenvalue weighted by Crippen LogP contribution is -2.16. The molecule has 0 radical (unpaired) electrons. The van der Waals surface area contributed by atoms with Crippen LogP contribution in [0, 0.1) is 0 Å². The van der Waals surface area contributed by atoms with Gasteiger partial charge in [-0.2, -0.15) is 0 Å². The smallest absolute Gasteiger partial charge is 0.331 e. The third kappa shape index (κ3) is 5.69. The summed E-state index contributed by atoms with van der Waals surface area (Å²) in [4.78, 5) is 25.6. The summed E-state index contributed by atoms with van der Waals surface area (Å²) in [6.07, 6.45) is 2.79. The van der Waals surface area contributed by atoms with Gasteiger partial charge in [-0.05, 0) is 32.5 Å². The van der Waals surface area contributed by atoms with Crippen molar-refractivity contribution in [2.45, 2.75) is 12.8 Å². The molecule has 0 heterocycles. The number of carbonyl (C=O) groups is 2. The normalized spacial score (nSPS) is 11.6. The van der Waals surface area contributed by atoms with Crippen molar-refractivity contribution in [2.24, 2.45) is 0 Å². The second-order valence-corrected chi connectivity index (χ2v) is 6.18. The zero-order valence-electron chi connectivity index (χ0n) is 14.6. The Kier molecular flexibility index (Phi) is 6.66. The fraction of sp³-hybridized carbons (Fsp3) is 0.238. The van der Waals surface area contributed by atoms with Crippen LogP contribution in [0.25, 0.3) is 0 Å². The lowest BCUT2D eigenvalue weighted by atomic mass is 10.0. The summed E-state index contributed by atoms with van der Waals surface area (Å²) < 4.78 is 0. The maximum Gasteiger partial charge on any atom is 0.331 e. The molecule has 0 saturated carbocycles. The molecule has 130 valence electrons. The quantitative estimate of drug-likeness (QED) is 0.592. The number of benzene rings is 2. The maximum absolute atomic E-state index is 12.4. The number of carboxylic acid groups (broad SMARTS) is 1. The predicted molar refractivity (Wildman–Crippen MR) is 98.9 cm³/mol. The molecule has 0 aromatic heterocycles. The van der Waals surface area contributed by atoms with Gasteiger partial charge in [0.1, 0.15) is 0 Å². The Morgan fingerprint density at radius 2 is 1.56 bits per heavy atom. The van der Waals surface area contributed by atoms with Gasteiger partial charge >= 0.3 is 5.97 Å². The van der Waals surface area contributed by atoms with Crippen LogP contribution in [-0.2, 0) is 11.2 Å². The third-order valence-corrected chi connectivity index (χ3v) is 3.94. The van der Waals surface area contributed by atoms with Crippen LogP contribution in [0.5, 0.6) is 0 Å². The number of rotatable bonds is 8. The van der Waals surface area contributed by atoms with Crippen molar-refractivity contribution in [2.75, 3.05) is 20.6 Å². The molecule has 2 rings (SSSR count). The van der Waals surface area contributed by atoms with Crippen LogP contribution in [0.3, 0.4) is 0 Å². The van der Waals surface area contributed by atoms with Gasteiger partial charge in [0.25, 0.3) is 0 Å². The van der Waals surface area contributed by atoms with E-state index in [1.807, 2.05) is 49.3 Å². The summed E-state index contributed by atoms with van der Waals surface area (Å²) in [5.41, 5.74) is 2.68. The number of nitrogens with zero attached hydrogens (tertiary/aromatic N) is 1. The van der Waals surface area contributed by atoms with E-state index < -0.39 is 5.97 Å². The van der Waals surface area contributed by atoms with Crippen LogP contribution >= 0.6 is 0 Å². The molecule has 0 saturated heterocycles. The molecule has 25 heavy (non-hydrogen) atoms. The van der Waals surface area contributed by atoms with Crippen LogP contribution in [0.2, 0.25) is 0 Å². The SMILES string of the molecule is CN(C)CCC(=CCc1ccc(C(=O)c2ccccc2)cc1)C(=O)O. The molecule has 1 N–H and O–H groups in total. The summed E-state index contributed by atoms with van der Waals surface area (Å²) >= 11 is 0. The Hall–Kier alpha value is -2.72. The average Bonchev–Trinajstić information content (AvgIpc) is 2.62. The Bertz CT molecular complexity index is 746. The van der Waals surface area contributed by atoms with Crippen LogP contribution in [0.1, 0.15) is 27.9 Å². The predicted octanol–water partition coefficient (Wildman–Crippen LogP) is 3.42. The first-order chi connectivity index (χ1) is 12.0. The first-order valence-corrected chi connectivity index (χ1v) is 8.23. The van der Waals surface area contributed by atoms with E-state index in [2.05, 4.69) is 0 Å². The van der Waals surface area contributed by atoms with Crippen molar-refractivity contribution in [3.8, 4) is 0 Å². The lowest BCUT2D eigenvalue weighted by molar-refractivity contribution is -0.132. The number of hydrogen-bond donors (Lipinski definition) is 1. The molecule has 2 aromatic rings. The molecular formula is C21H23NO3. The van der Waals surface area contributed by atoms with E-state index in [-0.39, 0.29) is 5.78 Å². The second-order valence-electron chi connectivity index (χ2n) is 6.18. The minimum absolute atomic E-state index is 0.0140. The first-order valence-electron chi connectivity index (χ1n) is 8.23. The Balaban J connectivity index is 2.05. The number of ketones is 1. The van der Waals surface area contributed by atoms with E-state index in [1.165, 1.54) is 0 Å². The number of carboxylic acids is 1. The molecule has 0 unspecified atom stereocenters. The molecule has 0 aliphatic heterocycles. The lowest BCUT2D eigenvalue weighted by Gasteiger charge is -2.09. The molecule has 0 aliphatic rings. The van der Waals surface area contributed by atoms with Crippen LogP contribution in [0.15, 0.2) is 66.2 Å². The fourth-order valence-electron chi connectivity index (χ4n) is 2.43. The van der Waals surface area contributed by atoms with Gasteiger partial charge < -0.3 is 10.0 Å². The van der Waals surface area contributed by atoms with E-state index in [0.717, 1.165) is 5.56 Å². The molecule has 4 heteroatoms. The number of allylic oxidation sites excluding steroid dienone is 1. The zero-order valence-corrected chi connectivity index (χ0v) is 14.6. The largest absolute Gasteiger partial charge is 0.478 e. The van der Waals surface area contributed by atoms with Gasteiger partial charge in [-0.25, -0.2) is 4.79 Å². The topological polar surface area (TPSA) is 57.6 Å². The van der Waals surface area contributed by atoms with Crippen LogP contribution in [-0.4, -0.2) is 42.4 Å². The number of carbonyl (C=O) groups excluding carboxylic acids is 1. The van der Waals surface area contributed by atoms with Crippen LogP contribution < -0.4 is 0 Å². The summed E-state index contributed by atoms with van der Waals surface area (Å²) in [7, 11) is 3.84. The third-order valence-electron chi connectivity index (χ3n) is 3.94. The van der Waals surface area contributed by atoms with Gasteiger partial charge in [0, 0.05) is 23.2 Å². The maximum atomic E-state index is 12.4. The van der Waals surface area contributed by atoms with Crippen molar-refractivity contribution in [1.29, 1.82) is 0 Å². The Morgan fingerprint density at radius 3 is 2.12 bits per heavy atom. The second kappa shape index (κ2) is 8.94. The summed E-state index contributed by atoms with van der Waals surface area (Å²) in [5.74, 6) is -0.891. The molecule has 0 amide bonds. The van der Waals surface area contributed by atoms with Crippen molar-refractivity contribution in [3.63, 3.8) is 0 Å². The number of hydrogen-bond acceptors (Lipinski definition) is 3. The van der Waals surface area contributed by atoms with Gasteiger partial charge in [0.05, 0.1) is 0 Å². The Labute approximate surface area is 148 Å². The Morgan fingerprint density at radius 1 is 0.960 bits per heavy atom. The molecule has 0 fully saturated rings. The van der Waals surface area contributed by atoms with Crippen molar-refractivity contribution < 1.29 is 14.7 Å². The molecule has 0 atom stereocenters. The van der Waals surface area contributed by atoms with Crippen molar-refractivity contribution in [3.05, 3.63) is 82.9 Å². The van der Waals surface area contributed by atoms with E-state index in [9.17, 15) is 14.7 Å². The van der Waals surface area contributed by atoms with E-state index in [0.29, 0.717) is 36.1 Å². The monoisotopic (exact) mass is 337 g/mol. The van der Waals surface area contributed by atoms with Crippen molar-refractivity contribution in [1.82, 2.24) is 4.90 Å². The van der Waals surface area contributed by atoms with E-state index in [4.69, 9.17) is 0 Å². The highest BCUT2D eigenvalue weighted by Crippen LogP contribution is 2.13. The summed E-state index contributed by atoms with van der Waals surface area (Å²) in [6.45, 7) is 0.697. The van der Waals surface area contributed by atoms with Crippen LogP contribution in [0.4, 0.5) is 0 Å². The highest BCUT2D eigenvalue weighted by atomic mass is 16.4.